The van der Waals surface area contributed by atoms with Gasteiger partial charge in [-0.05, 0) is 25.2 Å². The van der Waals surface area contributed by atoms with Crippen LogP contribution in [0, 0.1) is 18.3 Å². The van der Waals surface area contributed by atoms with Gasteiger partial charge in [0.15, 0.2) is 0 Å². The van der Waals surface area contributed by atoms with Gasteiger partial charge >= 0.3 is 0 Å². The lowest BCUT2D eigenvalue weighted by atomic mass is 10.1. The van der Waals surface area contributed by atoms with Gasteiger partial charge in [0.2, 0.25) is 0 Å². The molecule has 0 spiro atoms. The molecule has 1 aliphatic carbocycles. The molecule has 0 aromatic rings. The maximum atomic E-state index is 5.12. The highest BCUT2D eigenvalue weighted by Crippen LogP contribution is 2.24. The minimum Gasteiger partial charge on any atom is -0.313 e. The van der Waals surface area contributed by atoms with Crippen molar-refractivity contribution in [2.45, 2.75) is 32.2 Å². The van der Waals surface area contributed by atoms with Gasteiger partial charge in [0.1, 0.15) is 0 Å². The minimum atomic E-state index is 0.683. The molecule has 0 aliphatic heterocycles. The summed E-state index contributed by atoms with van der Waals surface area (Å²) in [4.78, 5) is 0. The van der Waals surface area contributed by atoms with Crippen molar-refractivity contribution >= 4 is 0 Å². The minimum absolute atomic E-state index is 0.683. The van der Waals surface area contributed by atoms with Gasteiger partial charge in [-0.1, -0.05) is 12.8 Å². The van der Waals surface area contributed by atoms with Gasteiger partial charge in [-0.25, -0.2) is 0 Å². The Balaban J connectivity index is 1.92. The quantitative estimate of drug-likeness (QED) is 0.487. The van der Waals surface area contributed by atoms with Crippen molar-refractivity contribution in [2.24, 2.45) is 5.92 Å². The number of nitrogens with one attached hydrogen (secondary N) is 2. The molecular weight excluding hydrogens is 160 g/mol. The summed E-state index contributed by atoms with van der Waals surface area (Å²) in [6, 6.07) is 0.752. The molecule has 1 fully saturated rings. The van der Waals surface area contributed by atoms with Crippen LogP contribution in [0.1, 0.15) is 26.2 Å². The summed E-state index contributed by atoms with van der Waals surface area (Å²) < 4.78 is 0. The molecule has 1 aliphatic rings. The third-order valence-electron chi connectivity index (χ3n) is 2.66. The molecule has 0 radical (unpaired) electrons. The normalized spacial score (nSPS) is 27.4. The molecule has 13 heavy (non-hydrogen) atoms. The fraction of sp³-hybridized carbons (Fsp3) is 0.818. The molecule has 1 saturated carbocycles. The Morgan fingerprint density at radius 2 is 2.23 bits per heavy atom. The lowest BCUT2D eigenvalue weighted by Crippen LogP contribution is -2.33. The molecule has 0 aromatic carbocycles. The molecule has 0 bridgehead atoms. The summed E-state index contributed by atoms with van der Waals surface area (Å²) in [6.07, 6.45) is 9.19. The monoisotopic (exact) mass is 180 g/mol. The molecule has 2 N–H and O–H groups in total. The lowest BCUT2D eigenvalue weighted by molar-refractivity contribution is 0.497. The van der Waals surface area contributed by atoms with E-state index < -0.39 is 0 Å². The predicted molar refractivity (Wildman–Crippen MR) is 56.5 cm³/mol. The van der Waals surface area contributed by atoms with Crippen molar-refractivity contribution in [1.29, 1.82) is 0 Å². The summed E-state index contributed by atoms with van der Waals surface area (Å²) in [7, 11) is 0. The van der Waals surface area contributed by atoms with E-state index in [1.54, 1.807) is 0 Å². The first-order chi connectivity index (χ1) is 6.33. The Labute approximate surface area is 81.5 Å². The van der Waals surface area contributed by atoms with Gasteiger partial charge < -0.3 is 10.6 Å². The van der Waals surface area contributed by atoms with Crippen molar-refractivity contribution in [3.05, 3.63) is 0 Å². The summed E-state index contributed by atoms with van der Waals surface area (Å²) in [5.41, 5.74) is 0. The smallest absolute Gasteiger partial charge is 0.0574 e. The van der Waals surface area contributed by atoms with Crippen molar-refractivity contribution in [2.75, 3.05) is 19.6 Å². The second kappa shape index (κ2) is 6.01. The second-order valence-corrected chi connectivity index (χ2v) is 3.95. The molecule has 0 saturated heterocycles. The third kappa shape index (κ3) is 4.31. The standard InChI is InChI=1S/C11H20N2/c1-3-6-12-7-8-13-11-5-4-10(2)9-11/h1,10-13H,4-9H2,2H3. The zero-order valence-corrected chi connectivity index (χ0v) is 8.47. The first-order valence-corrected chi connectivity index (χ1v) is 5.20. The first kappa shape index (κ1) is 10.6. The number of hydrogen-bond acceptors (Lipinski definition) is 2. The van der Waals surface area contributed by atoms with Crippen LogP contribution >= 0.6 is 0 Å². The summed E-state index contributed by atoms with van der Waals surface area (Å²) in [5.74, 6) is 3.48. The molecule has 2 atom stereocenters. The van der Waals surface area contributed by atoms with Crippen LogP contribution < -0.4 is 10.6 Å². The summed E-state index contributed by atoms with van der Waals surface area (Å²) in [6.45, 7) is 5.04. The fourth-order valence-corrected chi connectivity index (χ4v) is 1.92. The van der Waals surface area contributed by atoms with Crippen molar-refractivity contribution in [1.82, 2.24) is 10.6 Å². The molecule has 2 nitrogen and oxygen atoms in total. The average molecular weight is 180 g/mol. The molecule has 2 heteroatoms. The number of hydrogen-bond donors (Lipinski definition) is 2. The SMILES string of the molecule is C#CCNCCNC1CCC(C)C1. The average Bonchev–Trinajstić information content (AvgIpc) is 2.51. The lowest BCUT2D eigenvalue weighted by Gasteiger charge is -2.11. The van der Waals surface area contributed by atoms with Crippen LogP contribution in [-0.4, -0.2) is 25.7 Å². The van der Waals surface area contributed by atoms with Gasteiger partial charge in [-0.2, -0.15) is 0 Å². The highest BCUT2D eigenvalue weighted by atomic mass is 15.0. The van der Waals surface area contributed by atoms with Crippen LogP contribution in [0.5, 0.6) is 0 Å². The number of terminal acetylenes is 1. The van der Waals surface area contributed by atoms with Gasteiger partial charge in [0.25, 0.3) is 0 Å². The van der Waals surface area contributed by atoms with Crippen LogP contribution in [0.15, 0.2) is 0 Å². The van der Waals surface area contributed by atoms with E-state index in [0.29, 0.717) is 6.54 Å². The van der Waals surface area contributed by atoms with Crippen molar-refractivity contribution < 1.29 is 0 Å². The van der Waals surface area contributed by atoms with Crippen LogP contribution in [-0.2, 0) is 0 Å². The first-order valence-electron chi connectivity index (χ1n) is 5.20. The maximum Gasteiger partial charge on any atom is 0.0574 e. The Hall–Kier alpha value is -0.520. The van der Waals surface area contributed by atoms with Gasteiger partial charge in [0, 0.05) is 19.1 Å². The fourth-order valence-electron chi connectivity index (χ4n) is 1.92. The van der Waals surface area contributed by atoms with E-state index in [2.05, 4.69) is 23.5 Å². The van der Waals surface area contributed by atoms with E-state index in [9.17, 15) is 0 Å². The van der Waals surface area contributed by atoms with Crippen LogP contribution in [0.3, 0.4) is 0 Å². The molecular formula is C11H20N2. The van der Waals surface area contributed by atoms with E-state index in [4.69, 9.17) is 6.42 Å². The zero-order chi connectivity index (χ0) is 9.52. The predicted octanol–water partition coefficient (Wildman–Crippen LogP) is 0.987. The molecule has 0 heterocycles. The van der Waals surface area contributed by atoms with Gasteiger partial charge in [0.05, 0.1) is 6.54 Å². The Kier molecular flexibility index (Phi) is 4.88. The van der Waals surface area contributed by atoms with Gasteiger partial charge in [-0.15, -0.1) is 6.42 Å². The maximum absolute atomic E-state index is 5.12. The van der Waals surface area contributed by atoms with Gasteiger partial charge in [-0.3, -0.25) is 0 Å². The van der Waals surface area contributed by atoms with E-state index in [0.717, 1.165) is 25.0 Å². The van der Waals surface area contributed by atoms with E-state index in [-0.39, 0.29) is 0 Å². The molecule has 2 unspecified atom stereocenters. The topological polar surface area (TPSA) is 24.1 Å². The molecule has 74 valence electrons. The molecule has 0 amide bonds. The Bertz CT molecular complexity index is 171. The van der Waals surface area contributed by atoms with Crippen LogP contribution in [0.4, 0.5) is 0 Å². The van der Waals surface area contributed by atoms with Crippen molar-refractivity contribution in [3.8, 4) is 12.3 Å². The molecule has 1 rings (SSSR count). The highest BCUT2D eigenvalue weighted by Gasteiger charge is 2.19. The van der Waals surface area contributed by atoms with Crippen molar-refractivity contribution in [3.63, 3.8) is 0 Å². The largest absolute Gasteiger partial charge is 0.313 e. The summed E-state index contributed by atoms with van der Waals surface area (Å²) in [5, 5.41) is 6.71. The van der Waals surface area contributed by atoms with Crippen LogP contribution in [0.25, 0.3) is 0 Å². The third-order valence-corrected chi connectivity index (χ3v) is 2.66. The zero-order valence-electron chi connectivity index (χ0n) is 8.47. The van der Waals surface area contributed by atoms with E-state index in [1.165, 1.54) is 19.3 Å². The van der Waals surface area contributed by atoms with E-state index >= 15 is 0 Å². The van der Waals surface area contributed by atoms with E-state index in [1.807, 2.05) is 0 Å². The van der Waals surface area contributed by atoms with Crippen LogP contribution in [0.2, 0.25) is 0 Å². The second-order valence-electron chi connectivity index (χ2n) is 3.95. The molecule has 0 aromatic heterocycles. The number of rotatable bonds is 5. The highest BCUT2D eigenvalue weighted by molar-refractivity contribution is 4.86. The summed E-state index contributed by atoms with van der Waals surface area (Å²) >= 11 is 0. The Morgan fingerprint density at radius 1 is 1.38 bits per heavy atom. The Morgan fingerprint density at radius 3 is 2.85 bits per heavy atom.